The summed E-state index contributed by atoms with van der Waals surface area (Å²) in [5.41, 5.74) is -0.541. The van der Waals surface area contributed by atoms with Crippen LogP contribution >= 0.6 is 0 Å². The summed E-state index contributed by atoms with van der Waals surface area (Å²) in [6.07, 6.45) is 0.899. The molecule has 5 nitrogen and oxygen atoms in total. The second-order valence-corrected chi connectivity index (χ2v) is 6.14. The van der Waals surface area contributed by atoms with E-state index in [4.69, 9.17) is 4.74 Å². The third-order valence-corrected chi connectivity index (χ3v) is 3.23. The van der Waals surface area contributed by atoms with Crippen LogP contribution in [-0.2, 0) is 15.8 Å². The van der Waals surface area contributed by atoms with Gasteiger partial charge in [-0.3, -0.25) is 4.21 Å². The molecule has 17 heavy (non-hydrogen) atoms. The molecule has 0 spiro atoms. The van der Waals surface area contributed by atoms with Crippen LogP contribution in [0.3, 0.4) is 0 Å². The first-order valence-electron chi connectivity index (χ1n) is 5.35. The molecule has 0 bridgehead atoms. The molecule has 0 aromatic heterocycles. The van der Waals surface area contributed by atoms with Crippen molar-refractivity contribution in [3.05, 3.63) is 0 Å². The van der Waals surface area contributed by atoms with E-state index in [0.717, 1.165) is 0 Å². The van der Waals surface area contributed by atoms with E-state index in [-0.39, 0.29) is 36.1 Å². The summed E-state index contributed by atoms with van der Waals surface area (Å²) in [4.78, 5) is 13.2. The quantitative estimate of drug-likeness (QED) is 0.420. The van der Waals surface area contributed by atoms with Gasteiger partial charge >= 0.3 is 35.7 Å². The number of hydrogen-bond acceptors (Lipinski definition) is 4. The SMILES string of the molecule is CC(C)(C)OC(=O)N1CCC[C@H](S(=O)[O-])C1.[Na+]. The van der Waals surface area contributed by atoms with Crippen LogP contribution in [0, 0.1) is 0 Å². The molecule has 1 unspecified atom stereocenters. The fourth-order valence-corrected chi connectivity index (χ4v) is 2.25. The number of hydrogen-bond donors (Lipinski definition) is 0. The van der Waals surface area contributed by atoms with Gasteiger partial charge in [0.25, 0.3) is 0 Å². The van der Waals surface area contributed by atoms with Crippen LogP contribution < -0.4 is 29.6 Å². The Morgan fingerprint density at radius 1 is 1.47 bits per heavy atom. The van der Waals surface area contributed by atoms with Gasteiger partial charge in [0.15, 0.2) is 0 Å². The van der Waals surface area contributed by atoms with Gasteiger partial charge < -0.3 is 14.2 Å². The van der Waals surface area contributed by atoms with Gasteiger partial charge in [0, 0.05) is 18.3 Å². The summed E-state index contributed by atoms with van der Waals surface area (Å²) in [6, 6.07) is 0. The molecule has 0 N–H and O–H groups in total. The first kappa shape index (κ1) is 17.4. The Labute approximate surface area is 127 Å². The molecule has 1 saturated heterocycles. The van der Waals surface area contributed by atoms with Crippen molar-refractivity contribution in [2.24, 2.45) is 0 Å². The average Bonchev–Trinajstić information content (AvgIpc) is 2.15. The molecule has 1 amide bonds. The molecule has 0 aliphatic carbocycles. The Kier molecular flexibility index (Phi) is 7.25. The number of ether oxygens (including phenoxy) is 1. The molecule has 1 aliphatic rings. The molecule has 0 aromatic rings. The van der Waals surface area contributed by atoms with Crippen LogP contribution in [0.2, 0.25) is 0 Å². The number of rotatable bonds is 1. The Morgan fingerprint density at radius 2 is 2.06 bits per heavy atom. The normalized spacial score (nSPS) is 22.6. The zero-order chi connectivity index (χ0) is 12.3. The predicted octanol–water partition coefficient (Wildman–Crippen LogP) is -1.73. The summed E-state index contributed by atoms with van der Waals surface area (Å²) < 4.78 is 26.8. The van der Waals surface area contributed by atoms with Crippen molar-refractivity contribution in [1.82, 2.24) is 4.90 Å². The van der Waals surface area contributed by atoms with Crippen molar-refractivity contribution >= 4 is 17.2 Å². The molecular weight excluding hydrogens is 253 g/mol. The third kappa shape index (κ3) is 6.20. The monoisotopic (exact) mass is 271 g/mol. The van der Waals surface area contributed by atoms with E-state index >= 15 is 0 Å². The van der Waals surface area contributed by atoms with Gasteiger partial charge in [-0.15, -0.1) is 0 Å². The summed E-state index contributed by atoms with van der Waals surface area (Å²) in [5.74, 6) is 0. The van der Waals surface area contributed by atoms with Gasteiger partial charge in [-0.25, -0.2) is 4.79 Å². The Balaban J connectivity index is 0.00000256. The molecule has 94 valence electrons. The maximum atomic E-state index is 11.7. The van der Waals surface area contributed by atoms with Crippen molar-refractivity contribution in [2.75, 3.05) is 13.1 Å². The molecule has 7 heteroatoms. The fraction of sp³-hybridized carbons (Fsp3) is 0.900. The maximum Gasteiger partial charge on any atom is 1.00 e. The van der Waals surface area contributed by atoms with E-state index in [0.29, 0.717) is 19.4 Å². The molecule has 1 aliphatic heterocycles. The largest absolute Gasteiger partial charge is 1.00 e. The average molecular weight is 271 g/mol. The maximum absolute atomic E-state index is 11.7. The topological polar surface area (TPSA) is 69.7 Å². The van der Waals surface area contributed by atoms with Crippen molar-refractivity contribution in [3.63, 3.8) is 0 Å². The van der Waals surface area contributed by atoms with Crippen LogP contribution in [0.15, 0.2) is 0 Å². The van der Waals surface area contributed by atoms with Crippen LogP contribution in [0.1, 0.15) is 33.6 Å². The van der Waals surface area contributed by atoms with E-state index in [9.17, 15) is 13.6 Å². The summed E-state index contributed by atoms with van der Waals surface area (Å²) >= 11 is -2.11. The van der Waals surface area contributed by atoms with Gasteiger partial charge in [-0.1, -0.05) is 11.1 Å². The molecule has 0 radical (unpaired) electrons. The van der Waals surface area contributed by atoms with E-state index in [1.807, 2.05) is 0 Å². The van der Waals surface area contributed by atoms with Gasteiger partial charge in [-0.2, -0.15) is 0 Å². The molecule has 1 rings (SSSR count). The van der Waals surface area contributed by atoms with Gasteiger partial charge in [0.05, 0.1) is 0 Å². The van der Waals surface area contributed by atoms with E-state index in [2.05, 4.69) is 0 Å². The molecular formula is C10H18NNaO4S. The standard InChI is InChI=1S/C10H19NO4S.Na/c1-10(2,3)15-9(12)11-6-4-5-8(7-11)16(13)14;/h8H,4-7H2,1-3H3,(H,13,14);/q;+1/p-1/t8-;/m0./s1. The summed E-state index contributed by atoms with van der Waals surface area (Å²) in [5, 5.41) is -0.457. The number of carbonyl (C=O) groups excluding carboxylic acids is 1. The second kappa shape index (κ2) is 7.09. The fourth-order valence-electron chi connectivity index (χ4n) is 1.59. The minimum atomic E-state index is -2.11. The minimum absolute atomic E-state index is 0. The first-order chi connectivity index (χ1) is 7.29. The minimum Gasteiger partial charge on any atom is -0.772 e. The predicted molar refractivity (Wildman–Crippen MR) is 59.7 cm³/mol. The van der Waals surface area contributed by atoms with Crippen LogP contribution in [0.25, 0.3) is 0 Å². The van der Waals surface area contributed by atoms with Crippen molar-refractivity contribution in [1.29, 1.82) is 0 Å². The molecule has 1 fully saturated rings. The van der Waals surface area contributed by atoms with E-state index < -0.39 is 28.0 Å². The number of likely N-dealkylation sites (tertiary alicyclic amines) is 1. The third-order valence-electron chi connectivity index (χ3n) is 2.30. The van der Waals surface area contributed by atoms with E-state index in [1.54, 1.807) is 20.8 Å². The Bertz CT molecular complexity index is 293. The van der Waals surface area contributed by atoms with Gasteiger partial charge in [0.2, 0.25) is 0 Å². The number of nitrogens with zero attached hydrogens (tertiary/aromatic N) is 1. The number of amides is 1. The smallest absolute Gasteiger partial charge is 0.772 e. The number of piperidine rings is 1. The molecule has 0 saturated carbocycles. The van der Waals surface area contributed by atoms with Gasteiger partial charge in [0.1, 0.15) is 5.60 Å². The van der Waals surface area contributed by atoms with Crippen molar-refractivity contribution in [3.8, 4) is 0 Å². The summed E-state index contributed by atoms with van der Waals surface area (Å²) in [7, 11) is 0. The van der Waals surface area contributed by atoms with Gasteiger partial charge in [-0.05, 0) is 33.6 Å². The zero-order valence-corrected chi connectivity index (χ0v) is 13.7. The summed E-state index contributed by atoms with van der Waals surface area (Å²) in [6.45, 7) is 6.18. The Morgan fingerprint density at radius 3 is 2.53 bits per heavy atom. The van der Waals surface area contributed by atoms with Crippen molar-refractivity contribution < 1.29 is 47.9 Å². The second-order valence-electron chi connectivity index (χ2n) is 4.95. The van der Waals surface area contributed by atoms with Crippen LogP contribution in [-0.4, -0.2) is 43.7 Å². The molecule has 0 aromatic carbocycles. The van der Waals surface area contributed by atoms with E-state index in [1.165, 1.54) is 4.90 Å². The van der Waals surface area contributed by atoms with Crippen LogP contribution in [0.5, 0.6) is 0 Å². The van der Waals surface area contributed by atoms with Crippen LogP contribution in [0.4, 0.5) is 4.79 Å². The zero-order valence-electron chi connectivity index (χ0n) is 10.9. The molecule has 1 heterocycles. The van der Waals surface area contributed by atoms with Crippen molar-refractivity contribution in [2.45, 2.75) is 44.5 Å². The number of carbonyl (C=O) groups is 1. The first-order valence-corrected chi connectivity index (χ1v) is 6.49. The molecule has 2 atom stereocenters. The Hall–Kier alpha value is 0.380.